The minimum absolute atomic E-state index is 0.507. The molecule has 0 amide bonds. The maximum atomic E-state index is 4.71. The molecule has 4 fully saturated rings. The maximum Gasteiger partial charge on any atom is 0.00777 e. The van der Waals surface area contributed by atoms with Crippen molar-refractivity contribution in [1.29, 1.82) is 0 Å². The first-order valence-corrected chi connectivity index (χ1v) is 7.48. The van der Waals surface area contributed by atoms with E-state index in [4.69, 9.17) is 12.6 Å². The van der Waals surface area contributed by atoms with Gasteiger partial charge in [-0.3, -0.25) is 0 Å². The lowest BCUT2D eigenvalue weighted by Crippen LogP contribution is -2.48. The lowest BCUT2D eigenvalue weighted by molar-refractivity contribution is -0.00637. The molecule has 1 aromatic rings. The Kier molecular flexibility index (Phi) is 2.18. The van der Waals surface area contributed by atoms with Crippen LogP contribution in [0.15, 0.2) is 29.2 Å². The molecule has 4 bridgehead atoms. The second kappa shape index (κ2) is 3.54. The van der Waals surface area contributed by atoms with Crippen molar-refractivity contribution in [2.75, 3.05) is 0 Å². The van der Waals surface area contributed by atoms with E-state index in [2.05, 4.69) is 24.3 Å². The number of rotatable bonds is 1. The molecule has 0 saturated heterocycles. The van der Waals surface area contributed by atoms with E-state index in [1.807, 2.05) is 0 Å². The third-order valence-electron chi connectivity index (χ3n) is 5.51. The molecule has 0 radical (unpaired) electrons. The van der Waals surface area contributed by atoms with E-state index >= 15 is 0 Å². The van der Waals surface area contributed by atoms with Crippen LogP contribution in [-0.2, 0) is 5.41 Å². The topological polar surface area (TPSA) is 0 Å². The molecule has 4 saturated carbocycles. The smallest absolute Gasteiger partial charge is 0.00777 e. The number of hydrogen-bond donors (Lipinski definition) is 1. The Hall–Kier alpha value is -0.430. The van der Waals surface area contributed by atoms with Crippen molar-refractivity contribution in [1.82, 2.24) is 0 Å². The standard InChI is InChI=1S/C16H20S/c17-15-4-2-1-3-14(15)16-8-11-5-12(9-16)7-13(6-11)10-16/h1-4,11-13,17H,5-10H2. The number of benzene rings is 1. The van der Waals surface area contributed by atoms with Gasteiger partial charge in [-0.05, 0) is 73.3 Å². The van der Waals surface area contributed by atoms with E-state index in [1.54, 1.807) is 5.56 Å². The Labute approximate surface area is 109 Å². The molecule has 0 heterocycles. The molecule has 4 aliphatic rings. The molecule has 0 aromatic heterocycles. The summed E-state index contributed by atoms with van der Waals surface area (Å²) in [5, 5.41) is 0. The van der Waals surface area contributed by atoms with Gasteiger partial charge in [0, 0.05) is 4.90 Å². The summed E-state index contributed by atoms with van der Waals surface area (Å²) >= 11 is 4.71. The summed E-state index contributed by atoms with van der Waals surface area (Å²) in [7, 11) is 0. The minimum atomic E-state index is 0.507. The van der Waals surface area contributed by atoms with Gasteiger partial charge >= 0.3 is 0 Å². The summed E-state index contributed by atoms with van der Waals surface area (Å²) in [6, 6.07) is 8.84. The number of thiol groups is 1. The average molecular weight is 244 g/mol. The van der Waals surface area contributed by atoms with Gasteiger partial charge in [0.2, 0.25) is 0 Å². The van der Waals surface area contributed by atoms with Crippen LogP contribution in [0.5, 0.6) is 0 Å². The van der Waals surface area contributed by atoms with Crippen molar-refractivity contribution >= 4 is 12.6 Å². The van der Waals surface area contributed by atoms with Gasteiger partial charge < -0.3 is 0 Å². The highest BCUT2D eigenvalue weighted by atomic mass is 32.1. The van der Waals surface area contributed by atoms with Gasteiger partial charge in [-0.2, -0.15) is 0 Å². The van der Waals surface area contributed by atoms with Crippen molar-refractivity contribution < 1.29 is 0 Å². The Bertz CT molecular complexity index is 413. The van der Waals surface area contributed by atoms with Crippen LogP contribution in [0.1, 0.15) is 44.1 Å². The molecule has 0 nitrogen and oxygen atoms in total. The lowest BCUT2D eigenvalue weighted by Gasteiger charge is -2.57. The molecule has 0 spiro atoms. The van der Waals surface area contributed by atoms with Crippen LogP contribution in [-0.4, -0.2) is 0 Å². The van der Waals surface area contributed by atoms with Gasteiger partial charge in [0.25, 0.3) is 0 Å². The van der Waals surface area contributed by atoms with Crippen LogP contribution in [0.25, 0.3) is 0 Å². The fourth-order valence-corrected chi connectivity index (χ4v) is 5.76. The highest BCUT2D eigenvalue weighted by molar-refractivity contribution is 7.80. The van der Waals surface area contributed by atoms with E-state index < -0.39 is 0 Å². The van der Waals surface area contributed by atoms with Crippen molar-refractivity contribution in [3.63, 3.8) is 0 Å². The summed E-state index contributed by atoms with van der Waals surface area (Å²) in [5.74, 6) is 3.07. The Morgan fingerprint density at radius 2 is 1.41 bits per heavy atom. The highest BCUT2D eigenvalue weighted by Gasteiger charge is 2.51. The van der Waals surface area contributed by atoms with Crippen LogP contribution in [0.4, 0.5) is 0 Å². The molecule has 5 rings (SSSR count). The molecular weight excluding hydrogens is 224 g/mol. The Morgan fingerprint density at radius 1 is 0.882 bits per heavy atom. The zero-order valence-corrected chi connectivity index (χ0v) is 11.1. The summed E-state index contributed by atoms with van der Waals surface area (Å²) in [4.78, 5) is 1.23. The zero-order chi connectivity index (χ0) is 11.5. The first-order chi connectivity index (χ1) is 8.25. The van der Waals surface area contributed by atoms with E-state index in [9.17, 15) is 0 Å². The second-order valence-electron chi connectivity index (χ2n) is 6.72. The zero-order valence-electron chi connectivity index (χ0n) is 10.2. The summed E-state index contributed by atoms with van der Waals surface area (Å²) in [5.41, 5.74) is 2.06. The molecular formula is C16H20S. The van der Waals surface area contributed by atoms with Crippen LogP contribution >= 0.6 is 12.6 Å². The third-order valence-corrected chi connectivity index (χ3v) is 5.90. The molecule has 1 heteroatoms. The first-order valence-electron chi connectivity index (χ1n) is 7.04. The van der Waals surface area contributed by atoms with Crippen molar-refractivity contribution in [3.05, 3.63) is 29.8 Å². The molecule has 90 valence electrons. The van der Waals surface area contributed by atoms with Crippen molar-refractivity contribution in [2.45, 2.75) is 48.8 Å². The van der Waals surface area contributed by atoms with Crippen LogP contribution in [0.3, 0.4) is 0 Å². The molecule has 0 N–H and O–H groups in total. The predicted octanol–water partition coefficient (Wildman–Crippen LogP) is 4.44. The van der Waals surface area contributed by atoms with E-state index in [0.29, 0.717) is 5.41 Å². The third kappa shape index (κ3) is 1.51. The molecule has 0 atom stereocenters. The van der Waals surface area contributed by atoms with Gasteiger partial charge in [0.15, 0.2) is 0 Å². The lowest BCUT2D eigenvalue weighted by atomic mass is 9.48. The largest absolute Gasteiger partial charge is 0.143 e. The summed E-state index contributed by atoms with van der Waals surface area (Å²) < 4.78 is 0. The summed E-state index contributed by atoms with van der Waals surface area (Å²) in [6.45, 7) is 0. The molecule has 17 heavy (non-hydrogen) atoms. The van der Waals surface area contributed by atoms with Gasteiger partial charge in [-0.15, -0.1) is 12.6 Å². The van der Waals surface area contributed by atoms with E-state index in [-0.39, 0.29) is 0 Å². The van der Waals surface area contributed by atoms with Gasteiger partial charge in [0.1, 0.15) is 0 Å². The average Bonchev–Trinajstić information content (AvgIpc) is 2.27. The number of hydrogen-bond acceptors (Lipinski definition) is 1. The van der Waals surface area contributed by atoms with Crippen molar-refractivity contribution in [3.8, 4) is 0 Å². The van der Waals surface area contributed by atoms with Gasteiger partial charge in [-0.25, -0.2) is 0 Å². The molecule has 0 unspecified atom stereocenters. The quantitative estimate of drug-likeness (QED) is 0.694. The normalized spacial score (nSPS) is 43.0. The van der Waals surface area contributed by atoms with Crippen LogP contribution in [0.2, 0.25) is 0 Å². The van der Waals surface area contributed by atoms with Crippen molar-refractivity contribution in [2.24, 2.45) is 17.8 Å². The highest BCUT2D eigenvalue weighted by Crippen LogP contribution is 2.61. The molecule has 1 aromatic carbocycles. The Balaban J connectivity index is 1.80. The summed E-state index contributed by atoms with van der Waals surface area (Å²) in [6.07, 6.45) is 8.89. The fraction of sp³-hybridized carbons (Fsp3) is 0.625. The fourth-order valence-electron chi connectivity index (χ4n) is 5.36. The SMILES string of the molecule is Sc1ccccc1C12CC3CC(CC(C3)C1)C2. The first kappa shape index (κ1) is 10.5. The van der Waals surface area contributed by atoms with Crippen LogP contribution < -0.4 is 0 Å². The minimum Gasteiger partial charge on any atom is -0.143 e. The molecule has 0 aliphatic heterocycles. The second-order valence-corrected chi connectivity index (χ2v) is 7.20. The predicted molar refractivity (Wildman–Crippen MR) is 73.5 cm³/mol. The van der Waals surface area contributed by atoms with E-state index in [0.717, 1.165) is 17.8 Å². The van der Waals surface area contributed by atoms with Gasteiger partial charge in [-0.1, -0.05) is 18.2 Å². The van der Waals surface area contributed by atoms with Crippen LogP contribution in [0, 0.1) is 17.8 Å². The van der Waals surface area contributed by atoms with Gasteiger partial charge in [0.05, 0.1) is 0 Å². The molecule has 4 aliphatic carbocycles. The maximum absolute atomic E-state index is 4.71. The monoisotopic (exact) mass is 244 g/mol. The Morgan fingerprint density at radius 3 is 1.94 bits per heavy atom. The van der Waals surface area contributed by atoms with E-state index in [1.165, 1.54) is 43.4 Å².